The third-order valence-corrected chi connectivity index (χ3v) is 3.41. The van der Waals surface area contributed by atoms with Crippen molar-refractivity contribution in [2.75, 3.05) is 19.8 Å². The summed E-state index contributed by atoms with van der Waals surface area (Å²) in [5.41, 5.74) is 5.29. The van der Waals surface area contributed by atoms with Crippen molar-refractivity contribution < 1.29 is 9.53 Å². The predicted octanol–water partition coefficient (Wildman–Crippen LogP) is 0.577. The van der Waals surface area contributed by atoms with Gasteiger partial charge in [-0.25, -0.2) is 0 Å². The third-order valence-electron chi connectivity index (χ3n) is 2.41. The molecule has 1 atom stereocenters. The lowest BCUT2D eigenvalue weighted by molar-refractivity contribution is 0.0934. The van der Waals surface area contributed by atoms with Crippen LogP contribution in [-0.2, 0) is 4.74 Å². The van der Waals surface area contributed by atoms with Crippen LogP contribution in [0.25, 0.3) is 0 Å². The van der Waals surface area contributed by atoms with Crippen molar-refractivity contribution in [3.63, 3.8) is 0 Å². The van der Waals surface area contributed by atoms with Gasteiger partial charge in [0.25, 0.3) is 5.91 Å². The van der Waals surface area contributed by atoms with Crippen LogP contribution in [0.2, 0.25) is 0 Å². The summed E-state index contributed by atoms with van der Waals surface area (Å²) in [6.07, 6.45) is 0.886. The Hall–Kier alpha value is -1.35. The van der Waals surface area contributed by atoms with Gasteiger partial charge in [-0.05, 0) is 18.6 Å². The minimum absolute atomic E-state index is 0.0497. The largest absolute Gasteiger partial charge is 0.379 e. The number of hydrogen-bond acceptors (Lipinski definition) is 4. The van der Waals surface area contributed by atoms with Gasteiger partial charge in [0, 0.05) is 6.61 Å². The van der Waals surface area contributed by atoms with E-state index in [9.17, 15) is 4.79 Å². The molecule has 1 aliphatic rings. The molecule has 1 saturated heterocycles. The lowest BCUT2D eigenvalue weighted by atomic mass is 10.2. The Morgan fingerprint density at radius 2 is 2.53 bits per heavy atom. The van der Waals surface area contributed by atoms with Crippen LogP contribution in [-0.4, -0.2) is 31.7 Å². The SMILES string of the molecule is NCC#Cc1ccc(C(=O)NC2CCOC2)s1. The Bertz CT molecular complexity index is 453. The van der Waals surface area contributed by atoms with E-state index >= 15 is 0 Å². The zero-order chi connectivity index (χ0) is 12.1. The van der Waals surface area contributed by atoms with E-state index in [2.05, 4.69) is 17.2 Å². The maximum absolute atomic E-state index is 11.9. The van der Waals surface area contributed by atoms with E-state index in [-0.39, 0.29) is 11.9 Å². The van der Waals surface area contributed by atoms with Crippen molar-refractivity contribution in [1.29, 1.82) is 0 Å². The smallest absolute Gasteiger partial charge is 0.261 e. The van der Waals surface area contributed by atoms with E-state index in [1.54, 1.807) is 6.07 Å². The van der Waals surface area contributed by atoms with E-state index in [1.165, 1.54) is 11.3 Å². The summed E-state index contributed by atoms with van der Waals surface area (Å²) in [4.78, 5) is 13.4. The summed E-state index contributed by atoms with van der Waals surface area (Å²) in [6, 6.07) is 3.77. The van der Waals surface area contributed by atoms with Crippen LogP contribution in [0.3, 0.4) is 0 Å². The highest BCUT2D eigenvalue weighted by Crippen LogP contribution is 2.16. The Balaban J connectivity index is 1.96. The molecule has 1 unspecified atom stereocenters. The summed E-state index contributed by atoms with van der Waals surface area (Å²) in [7, 11) is 0. The van der Waals surface area contributed by atoms with Crippen LogP contribution >= 0.6 is 11.3 Å². The molecule has 1 aliphatic heterocycles. The van der Waals surface area contributed by atoms with Crippen LogP contribution in [0.4, 0.5) is 0 Å². The highest BCUT2D eigenvalue weighted by Gasteiger charge is 2.19. The summed E-state index contributed by atoms with van der Waals surface area (Å²) in [5.74, 6) is 5.63. The fourth-order valence-corrected chi connectivity index (χ4v) is 2.35. The number of hydrogen-bond donors (Lipinski definition) is 2. The Morgan fingerprint density at radius 1 is 1.65 bits per heavy atom. The average Bonchev–Trinajstić information content (AvgIpc) is 2.96. The first-order valence-electron chi connectivity index (χ1n) is 5.47. The molecule has 0 saturated carbocycles. The van der Waals surface area contributed by atoms with Crippen LogP contribution in [0.15, 0.2) is 12.1 Å². The number of carbonyl (C=O) groups is 1. The van der Waals surface area contributed by atoms with Gasteiger partial charge in [-0.2, -0.15) is 0 Å². The highest BCUT2D eigenvalue weighted by atomic mass is 32.1. The van der Waals surface area contributed by atoms with E-state index in [0.29, 0.717) is 18.0 Å². The summed E-state index contributed by atoms with van der Waals surface area (Å²) < 4.78 is 5.20. The fourth-order valence-electron chi connectivity index (χ4n) is 1.57. The number of rotatable bonds is 2. The minimum Gasteiger partial charge on any atom is -0.379 e. The van der Waals surface area contributed by atoms with Crippen LogP contribution < -0.4 is 11.1 Å². The molecule has 2 rings (SSSR count). The second-order valence-corrected chi connectivity index (χ2v) is 4.79. The standard InChI is InChI=1S/C12H14N2O2S/c13-6-1-2-10-3-4-11(17-10)12(15)14-9-5-7-16-8-9/h3-4,9H,5-8,13H2,(H,14,15). The molecule has 1 aromatic heterocycles. The number of amides is 1. The zero-order valence-corrected chi connectivity index (χ0v) is 10.2. The van der Waals surface area contributed by atoms with Gasteiger partial charge >= 0.3 is 0 Å². The lowest BCUT2D eigenvalue weighted by Crippen LogP contribution is -2.34. The first kappa shape index (κ1) is 12.1. The minimum atomic E-state index is -0.0497. The van der Waals surface area contributed by atoms with Crippen LogP contribution in [0.1, 0.15) is 21.0 Å². The molecule has 1 amide bonds. The van der Waals surface area contributed by atoms with E-state index in [0.717, 1.165) is 17.9 Å². The summed E-state index contributed by atoms with van der Waals surface area (Å²) in [5, 5.41) is 2.94. The Kier molecular flexibility index (Phi) is 4.15. The molecule has 3 N–H and O–H groups in total. The summed E-state index contributed by atoms with van der Waals surface area (Å²) in [6.45, 7) is 1.67. The van der Waals surface area contributed by atoms with E-state index < -0.39 is 0 Å². The fraction of sp³-hybridized carbons (Fsp3) is 0.417. The maximum atomic E-state index is 11.9. The van der Waals surface area contributed by atoms with Gasteiger partial charge in [0.2, 0.25) is 0 Å². The highest BCUT2D eigenvalue weighted by molar-refractivity contribution is 7.14. The molecule has 4 nitrogen and oxygen atoms in total. The van der Waals surface area contributed by atoms with Crippen LogP contribution in [0.5, 0.6) is 0 Å². The number of thiophene rings is 1. The normalized spacial score (nSPS) is 18.5. The van der Waals surface area contributed by atoms with Crippen molar-refractivity contribution in [3.05, 3.63) is 21.9 Å². The summed E-state index contributed by atoms with van der Waals surface area (Å²) >= 11 is 1.38. The molecular formula is C12H14N2O2S. The number of carbonyl (C=O) groups excluding carboxylic acids is 1. The molecule has 0 aromatic carbocycles. The van der Waals surface area contributed by atoms with Gasteiger partial charge in [-0.1, -0.05) is 11.8 Å². The van der Waals surface area contributed by atoms with Crippen LogP contribution in [0, 0.1) is 11.8 Å². The molecule has 0 spiro atoms. The second kappa shape index (κ2) is 5.82. The second-order valence-electron chi connectivity index (χ2n) is 3.70. The lowest BCUT2D eigenvalue weighted by Gasteiger charge is -2.08. The van der Waals surface area contributed by atoms with Gasteiger partial charge < -0.3 is 15.8 Å². The molecule has 0 radical (unpaired) electrons. The molecule has 1 aromatic rings. The molecular weight excluding hydrogens is 236 g/mol. The predicted molar refractivity (Wildman–Crippen MR) is 66.9 cm³/mol. The third kappa shape index (κ3) is 3.30. The van der Waals surface area contributed by atoms with Gasteiger partial charge in [0.05, 0.1) is 28.9 Å². The van der Waals surface area contributed by atoms with Gasteiger partial charge in [-0.3, -0.25) is 4.79 Å². The molecule has 0 aliphatic carbocycles. The Morgan fingerprint density at radius 3 is 3.24 bits per heavy atom. The molecule has 17 heavy (non-hydrogen) atoms. The molecule has 1 fully saturated rings. The molecule has 0 bridgehead atoms. The Labute approximate surface area is 104 Å². The monoisotopic (exact) mass is 250 g/mol. The molecule has 5 heteroatoms. The molecule has 90 valence electrons. The quantitative estimate of drug-likeness (QED) is 0.755. The van der Waals surface area contributed by atoms with Gasteiger partial charge in [0.1, 0.15) is 0 Å². The van der Waals surface area contributed by atoms with Gasteiger partial charge in [-0.15, -0.1) is 11.3 Å². The van der Waals surface area contributed by atoms with Crippen molar-refractivity contribution in [2.45, 2.75) is 12.5 Å². The van der Waals surface area contributed by atoms with E-state index in [4.69, 9.17) is 10.5 Å². The topological polar surface area (TPSA) is 64.4 Å². The molecule has 2 heterocycles. The van der Waals surface area contributed by atoms with E-state index in [1.807, 2.05) is 6.07 Å². The van der Waals surface area contributed by atoms with Crippen molar-refractivity contribution in [1.82, 2.24) is 5.32 Å². The maximum Gasteiger partial charge on any atom is 0.261 e. The number of nitrogens with two attached hydrogens (primary N) is 1. The zero-order valence-electron chi connectivity index (χ0n) is 9.36. The van der Waals surface area contributed by atoms with Crippen molar-refractivity contribution in [3.8, 4) is 11.8 Å². The number of nitrogens with one attached hydrogen (secondary N) is 1. The first-order chi connectivity index (χ1) is 8.29. The van der Waals surface area contributed by atoms with Crippen molar-refractivity contribution in [2.24, 2.45) is 5.73 Å². The number of ether oxygens (including phenoxy) is 1. The van der Waals surface area contributed by atoms with Gasteiger partial charge in [0.15, 0.2) is 0 Å². The first-order valence-corrected chi connectivity index (χ1v) is 6.28. The van der Waals surface area contributed by atoms with Crippen molar-refractivity contribution >= 4 is 17.2 Å². The average molecular weight is 250 g/mol.